The predicted octanol–water partition coefficient (Wildman–Crippen LogP) is 4.57. The Balaban J connectivity index is 0.000000261. The molecule has 2 unspecified atom stereocenters. The Morgan fingerprint density at radius 1 is 0.857 bits per heavy atom. The molecular weight excluding hydrogens is 373 g/mol. The van der Waals surface area contributed by atoms with Crippen molar-refractivity contribution in [1.82, 2.24) is 0 Å². The monoisotopic (exact) mass is 392 g/mol. The van der Waals surface area contributed by atoms with Crippen LogP contribution in [0.2, 0.25) is 0 Å². The lowest BCUT2D eigenvalue weighted by molar-refractivity contribution is -0.211. The van der Waals surface area contributed by atoms with E-state index in [4.69, 9.17) is 10.2 Å². The number of hydrogen-bond donors (Lipinski definition) is 3. The molecule has 4 nitrogen and oxygen atoms in total. The quantitative estimate of drug-likeness (QED) is 0.608. The summed E-state index contributed by atoms with van der Waals surface area (Å²) in [7, 11) is 0. The summed E-state index contributed by atoms with van der Waals surface area (Å²) in [6, 6.07) is 20.6. The summed E-state index contributed by atoms with van der Waals surface area (Å²) in [4.78, 5) is 10.2. The first-order valence-electron chi connectivity index (χ1n) is 8.38. The van der Waals surface area contributed by atoms with E-state index in [0.29, 0.717) is 11.1 Å². The first kappa shape index (κ1) is 21.4. The fourth-order valence-electron chi connectivity index (χ4n) is 2.48. The maximum Gasteiger partial charge on any atom is 0.414 e. The molecule has 3 N–H and O–H groups in total. The highest BCUT2D eigenvalue weighted by molar-refractivity contribution is 5.87. The minimum atomic E-state index is -4.71. The van der Waals surface area contributed by atoms with E-state index in [1.54, 1.807) is 48.5 Å². The van der Waals surface area contributed by atoms with Gasteiger partial charge in [0.25, 0.3) is 0 Å². The molecule has 7 heteroatoms. The third-order valence-electron chi connectivity index (χ3n) is 4.00. The summed E-state index contributed by atoms with van der Waals surface area (Å²) < 4.78 is 36.7. The third kappa shape index (κ3) is 6.07. The molecule has 0 spiro atoms. The molecule has 0 amide bonds. The van der Waals surface area contributed by atoms with E-state index in [2.05, 4.69) is 0 Å². The van der Waals surface area contributed by atoms with Gasteiger partial charge in [0.2, 0.25) is 0 Å². The Morgan fingerprint density at radius 2 is 1.43 bits per heavy atom. The molecule has 0 aromatic heterocycles. The zero-order chi connectivity index (χ0) is 20.7. The van der Waals surface area contributed by atoms with Crippen molar-refractivity contribution in [3.8, 4) is 0 Å². The average molecular weight is 392 g/mol. The van der Waals surface area contributed by atoms with Crippen molar-refractivity contribution in [2.45, 2.75) is 24.8 Å². The number of rotatable bonds is 4. The molecule has 0 aliphatic rings. The van der Waals surface area contributed by atoms with E-state index >= 15 is 0 Å². The zero-order valence-corrected chi connectivity index (χ0v) is 14.7. The second-order valence-electron chi connectivity index (χ2n) is 6.09. The van der Waals surface area contributed by atoms with Gasteiger partial charge in [-0.05, 0) is 34.5 Å². The predicted molar refractivity (Wildman–Crippen MR) is 99.0 cm³/mol. The maximum atomic E-state index is 12.2. The van der Waals surface area contributed by atoms with E-state index < -0.39 is 30.8 Å². The highest BCUT2D eigenvalue weighted by Gasteiger charge is 2.39. The van der Waals surface area contributed by atoms with Crippen molar-refractivity contribution in [1.29, 1.82) is 0 Å². The summed E-state index contributed by atoms with van der Waals surface area (Å²) in [5, 5.41) is 28.9. The highest BCUT2D eigenvalue weighted by Crippen LogP contribution is 2.29. The molecule has 0 radical (unpaired) electrons. The van der Waals surface area contributed by atoms with Crippen LogP contribution < -0.4 is 0 Å². The smallest absolute Gasteiger partial charge is 0.414 e. The fraction of sp³-hybridized carbons (Fsp3) is 0.190. The van der Waals surface area contributed by atoms with Crippen molar-refractivity contribution < 1.29 is 33.3 Å². The summed E-state index contributed by atoms with van der Waals surface area (Å²) in [5.74, 6) is -0.879. The van der Waals surface area contributed by atoms with Gasteiger partial charge in [-0.2, -0.15) is 13.2 Å². The number of benzene rings is 3. The van der Waals surface area contributed by atoms with E-state index in [1.165, 1.54) is 0 Å². The molecule has 3 aromatic rings. The van der Waals surface area contributed by atoms with E-state index in [0.717, 1.165) is 10.8 Å². The normalized spacial score (nSPS) is 13.3. The molecule has 0 aliphatic heterocycles. The SMILES string of the molecule is O=C(O)c1ccccc1.OC(CC(O)C(F)(F)F)c1ccc2ccccc2c1. The Labute approximate surface area is 159 Å². The van der Waals surface area contributed by atoms with Gasteiger partial charge in [-0.15, -0.1) is 0 Å². The van der Waals surface area contributed by atoms with Crippen LogP contribution in [0.1, 0.15) is 28.4 Å². The first-order valence-corrected chi connectivity index (χ1v) is 8.38. The number of carboxylic acids is 1. The molecule has 2 atom stereocenters. The zero-order valence-electron chi connectivity index (χ0n) is 14.7. The van der Waals surface area contributed by atoms with Crippen molar-refractivity contribution in [2.24, 2.45) is 0 Å². The molecule has 0 fully saturated rings. The lowest BCUT2D eigenvalue weighted by Crippen LogP contribution is -2.30. The molecule has 0 saturated heterocycles. The molecule has 28 heavy (non-hydrogen) atoms. The van der Waals surface area contributed by atoms with Crippen molar-refractivity contribution in [3.63, 3.8) is 0 Å². The number of fused-ring (bicyclic) bond motifs is 1. The molecule has 3 rings (SSSR count). The van der Waals surface area contributed by atoms with Gasteiger partial charge in [-0.1, -0.05) is 54.6 Å². The fourth-order valence-corrected chi connectivity index (χ4v) is 2.48. The second-order valence-corrected chi connectivity index (χ2v) is 6.09. The lowest BCUT2D eigenvalue weighted by Gasteiger charge is -2.18. The van der Waals surface area contributed by atoms with Gasteiger partial charge < -0.3 is 15.3 Å². The number of aromatic carboxylic acids is 1. The van der Waals surface area contributed by atoms with Crippen LogP contribution in [0.5, 0.6) is 0 Å². The van der Waals surface area contributed by atoms with Crippen LogP contribution in [0, 0.1) is 0 Å². The van der Waals surface area contributed by atoms with Gasteiger partial charge in [-0.3, -0.25) is 0 Å². The minimum absolute atomic E-state index is 0.331. The molecule has 0 aliphatic carbocycles. The number of halogens is 3. The van der Waals surface area contributed by atoms with Gasteiger partial charge >= 0.3 is 12.1 Å². The number of carboxylic acid groups (broad SMARTS) is 1. The summed E-state index contributed by atoms with van der Waals surface area (Å²) >= 11 is 0. The van der Waals surface area contributed by atoms with Crippen LogP contribution >= 0.6 is 0 Å². The third-order valence-corrected chi connectivity index (χ3v) is 4.00. The molecule has 3 aromatic carbocycles. The maximum absolute atomic E-state index is 12.2. The van der Waals surface area contributed by atoms with Crippen molar-refractivity contribution >= 4 is 16.7 Å². The molecule has 148 valence electrons. The Kier molecular flexibility index (Phi) is 7.14. The standard InChI is InChI=1S/C14H13F3O2.C7H6O2/c15-14(16,17)13(19)8-12(18)11-6-5-9-3-1-2-4-10(9)7-11;8-7(9)6-4-2-1-3-5-6/h1-7,12-13,18-19H,8H2;1-5H,(H,8,9). The summed E-state index contributed by atoms with van der Waals surface area (Å²) in [6.07, 6.45) is -9.34. The molecule has 0 heterocycles. The van der Waals surface area contributed by atoms with E-state index in [-0.39, 0.29) is 0 Å². The van der Waals surface area contributed by atoms with E-state index in [1.807, 2.05) is 24.3 Å². The number of aliphatic hydroxyl groups is 2. The topological polar surface area (TPSA) is 77.8 Å². The van der Waals surface area contributed by atoms with Gasteiger partial charge in [0.15, 0.2) is 6.10 Å². The average Bonchev–Trinajstić information content (AvgIpc) is 2.68. The highest BCUT2D eigenvalue weighted by atomic mass is 19.4. The van der Waals surface area contributed by atoms with Crippen molar-refractivity contribution in [2.75, 3.05) is 0 Å². The summed E-state index contributed by atoms with van der Waals surface area (Å²) in [5.41, 5.74) is 0.694. The number of hydrogen-bond acceptors (Lipinski definition) is 3. The number of carbonyl (C=O) groups is 1. The van der Waals surface area contributed by atoms with E-state index in [9.17, 15) is 23.1 Å². The Morgan fingerprint density at radius 3 is 1.96 bits per heavy atom. The number of aliphatic hydroxyl groups excluding tert-OH is 2. The largest absolute Gasteiger partial charge is 0.478 e. The number of alkyl halides is 3. The lowest BCUT2D eigenvalue weighted by atomic mass is 10.00. The van der Waals surface area contributed by atoms with Crippen LogP contribution in [0.25, 0.3) is 10.8 Å². The van der Waals surface area contributed by atoms with Crippen molar-refractivity contribution in [3.05, 3.63) is 83.9 Å². The Hall–Kier alpha value is -2.90. The van der Waals surface area contributed by atoms with Crippen LogP contribution in [0.15, 0.2) is 72.8 Å². The van der Waals surface area contributed by atoms with Crippen LogP contribution in [-0.2, 0) is 0 Å². The Bertz CT molecular complexity index is 910. The van der Waals surface area contributed by atoms with Crippen LogP contribution in [0.4, 0.5) is 13.2 Å². The second kappa shape index (κ2) is 9.34. The van der Waals surface area contributed by atoms with Gasteiger partial charge in [0, 0.05) is 6.42 Å². The molecule has 0 saturated carbocycles. The van der Waals surface area contributed by atoms with Crippen LogP contribution in [0.3, 0.4) is 0 Å². The molecular formula is C21H19F3O4. The minimum Gasteiger partial charge on any atom is -0.478 e. The first-order chi connectivity index (χ1) is 13.2. The summed E-state index contributed by atoms with van der Waals surface area (Å²) in [6.45, 7) is 0. The van der Waals surface area contributed by atoms with Gasteiger partial charge in [-0.25, -0.2) is 4.79 Å². The molecule has 0 bridgehead atoms. The van der Waals surface area contributed by atoms with Gasteiger partial charge in [0.05, 0.1) is 11.7 Å². The van der Waals surface area contributed by atoms with Gasteiger partial charge in [0.1, 0.15) is 0 Å². The van der Waals surface area contributed by atoms with Crippen LogP contribution in [-0.4, -0.2) is 33.6 Å².